The number of aliphatic hydroxyl groups is 1. The van der Waals surface area contributed by atoms with Gasteiger partial charge in [0.25, 0.3) is 0 Å². The van der Waals surface area contributed by atoms with E-state index in [1.807, 2.05) is 6.92 Å². The third-order valence-corrected chi connectivity index (χ3v) is 3.96. The van der Waals surface area contributed by atoms with Crippen molar-refractivity contribution in [2.75, 3.05) is 18.8 Å². The Balaban J connectivity index is 1.92. The molecule has 0 saturated carbocycles. The van der Waals surface area contributed by atoms with Gasteiger partial charge in [0.1, 0.15) is 6.10 Å². The van der Waals surface area contributed by atoms with E-state index in [4.69, 9.17) is 10.5 Å². The Kier molecular flexibility index (Phi) is 4.12. The molecule has 22 heavy (non-hydrogen) atoms. The van der Waals surface area contributed by atoms with Crippen molar-refractivity contribution >= 4 is 11.5 Å². The normalized spacial score (nSPS) is 18.1. The summed E-state index contributed by atoms with van der Waals surface area (Å²) in [6.45, 7) is 5.63. The first-order chi connectivity index (χ1) is 10.6. The van der Waals surface area contributed by atoms with Crippen LogP contribution in [0.3, 0.4) is 0 Å². The molecule has 1 saturated heterocycles. The fourth-order valence-corrected chi connectivity index (χ4v) is 2.57. The Labute approximate surface area is 128 Å². The van der Waals surface area contributed by atoms with Crippen LogP contribution < -0.4 is 15.8 Å². The molecule has 0 spiro atoms. The summed E-state index contributed by atoms with van der Waals surface area (Å²) in [5, 5.41) is 17.9. The van der Waals surface area contributed by atoms with Gasteiger partial charge in [-0.2, -0.15) is 4.98 Å². The van der Waals surface area contributed by atoms with E-state index in [-0.39, 0.29) is 23.9 Å². The quantitative estimate of drug-likeness (QED) is 0.713. The number of anilines is 1. The van der Waals surface area contributed by atoms with Gasteiger partial charge >= 0.3 is 6.01 Å². The van der Waals surface area contributed by atoms with Crippen molar-refractivity contribution < 1.29 is 9.84 Å². The second kappa shape index (κ2) is 6.05. The van der Waals surface area contributed by atoms with Crippen molar-refractivity contribution in [2.24, 2.45) is 5.92 Å². The van der Waals surface area contributed by atoms with Crippen LogP contribution in [0.4, 0.5) is 5.82 Å². The number of nitrogens with zero attached hydrogens (tertiary/aromatic N) is 4. The third-order valence-electron chi connectivity index (χ3n) is 3.96. The summed E-state index contributed by atoms with van der Waals surface area (Å²) in [4.78, 5) is 8.36. The molecule has 0 radical (unpaired) electrons. The number of hydrogen-bond donors (Lipinski definition) is 3. The molecule has 3 heterocycles. The summed E-state index contributed by atoms with van der Waals surface area (Å²) in [5.41, 5.74) is 6.99. The summed E-state index contributed by atoms with van der Waals surface area (Å²) in [7, 11) is 0. The highest BCUT2D eigenvalue weighted by molar-refractivity contribution is 5.59. The van der Waals surface area contributed by atoms with Crippen molar-refractivity contribution in [1.82, 2.24) is 24.9 Å². The standard InChI is InChI=1S/C14H22N6O2/c1-3-4-8(2)22-14-18-12(15)13-17-7-10(20(13)19-14)11(21)9-5-16-6-9/h7-9,11,16,21H,3-6H2,1-2H3,(H2,15,18,19)/t8-,11?/m0/s1. The molecule has 0 bridgehead atoms. The molecular weight excluding hydrogens is 284 g/mol. The van der Waals surface area contributed by atoms with E-state index in [2.05, 4.69) is 27.3 Å². The van der Waals surface area contributed by atoms with Gasteiger partial charge in [-0.1, -0.05) is 13.3 Å². The van der Waals surface area contributed by atoms with E-state index in [0.29, 0.717) is 11.3 Å². The van der Waals surface area contributed by atoms with Crippen LogP contribution in [0.1, 0.15) is 38.5 Å². The van der Waals surface area contributed by atoms with Crippen LogP contribution in [0.25, 0.3) is 5.65 Å². The van der Waals surface area contributed by atoms with Gasteiger partial charge in [-0.25, -0.2) is 9.50 Å². The summed E-state index contributed by atoms with van der Waals surface area (Å²) >= 11 is 0. The Morgan fingerprint density at radius 3 is 2.95 bits per heavy atom. The Morgan fingerprint density at radius 1 is 1.55 bits per heavy atom. The lowest BCUT2D eigenvalue weighted by Crippen LogP contribution is -2.45. The van der Waals surface area contributed by atoms with Crippen LogP contribution in [-0.2, 0) is 0 Å². The number of aromatic nitrogens is 4. The Morgan fingerprint density at radius 2 is 2.32 bits per heavy atom. The van der Waals surface area contributed by atoms with Gasteiger partial charge in [0.05, 0.1) is 18.0 Å². The van der Waals surface area contributed by atoms with Crippen LogP contribution >= 0.6 is 0 Å². The van der Waals surface area contributed by atoms with Gasteiger partial charge in [-0.3, -0.25) is 0 Å². The molecule has 0 amide bonds. The van der Waals surface area contributed by atoms with Crippen LogP contribution in [0.5, 0.6) is 6.01 Å². The van der Waals surface area contributed by atoms with Crippen LogP contribution in [0.2, 0.25) is 0 Å². The lowest BCUT2D eigenvalue weighted by molar-refractivity contribution is 0.0712. The maximum atomic E-state index is 10.4. The molecule has 1 aliphatic heterocycles. The first-order valence-corrected chi connectivity index (χ1v) is 7.66. The minimum absolute atomic E-state index is 0.00887. The molecule has 2 aromatic rings. The molecule has 2 atom stereocenters. The van der Waals surface area contributed by atoms with Gasteiger partial charge in [-0.05, 0) is 13.3 Å². The van der Waals surface area contributed by atoms with Crippen molar-refractivity contribution in [1.29, 1.82) is 0 Å². The van der Waals surface area contributed by atoms with Gasteiger partial charge in [0.15, 0.2) is 11.5 Å². The Bertz CT molecular complexity index is 654. The number of hydrogen-bond acceptors (Lipinski definition) is 7. The fourth-order valence-electron chi connectivity index (χ4n) is 2.57. The second-order valence-corrected chi connectivity index (χ2v) is 5.78. The molecule has 0 aromatic carbocycles. The molecule has 8 heteroatoms. The number of nitrogens with one attached hydrogen (secondary N) is 1. The largest absolute Gasteiger partial charge is 0.459 e. The van der Waals surface area contributed by atoms with Crippen LogP contribution in [0.15, 0.2) is 6.20 Å². The highest BCUT2D eigenvalue weighted by Gasteiger charge is 2.29. The minimum atomic E-state index is -0.633. The highest BCUT2D eigenvalue weighted by Crippen LogP contribution is 2.26. The van der Waals surface area contributed by atoms with Gasteiger partial charge in [0, 0.05) is 19.0 Å². The highest BCUT2D eigenvalue weighted by atomic mass is 16.5. The van der Waals surface area contributed by atoms with E-state index in [9.17, 15) is 5.11 Å². The molecule has 8 nitrogen and oxygen atoms in total. The first kappa shape index (κ1) is 15.0. The van der Waals surface area contributed by atoms with Crippen molar-refractivity contribution in [3.8, 4) is 6.01 Å². The smallest absolute Gasteiger partial charge is 0.336 e. The number of nitrogen functional groups attached to an aromatic ring is 1. The Hall–Kier alpha value is -1.93. The second-order valence-electron chi connectivity index (χ2n) is 5.78. The summed E-state index contributed by atoms with van der Waals surface area (Å²) in [6, 6.07) is 0.212. The molecule has 0 aliphatic carbocycles. The zero-order valence-electron chi connectivity index (χ0n) is 12.9. The average molecular weight is 306 g/mol. The number of aliphatic hydroxyl groups excluding tert-OH is 1. The average Bonchev–Trinajstić information content (AvgIpc) is 2.81. The maximum absolute atomic E-state index is 10.4. The topological polar surface area (TPSA) is 111 Å². The number of rotatable bonds is 6. The van der Waals surface area contributed by atoms with Crippen LogP contribution in [-0.4, -0.2) is 43.9 Å². The molecule has 120 valence electrons. The van der Waals surface area contributed by atoms with Crippen molar-refractivity contribution in [3.05, 3.63) is 11.9 Å². The van der Waals surface area contributed by atoms with E-state index >= 15 is 0 Å². The van der Waals surface area contributed by atoms with Gasteiger partial charge < -0.3 is 20.9 Å². The lowest BCUT2D eigenvalue weighted by atomic mass is 9.94. The molecule has 1 fully saturated rings. The van der Waals surface area contributed by atoms with E-state index in [0.717, 1.165) is 25.9 Å². The lowest BCUT2D eigenvalue weighted by Gasteiger charge is -2.30. The maximum Gasteiger partial charge on any atom is 0.336 e. The first-order valence-electron chi connectivity index (χ1n) is 7.66. The fraction of sp³-hybridized carbons (Fsp3) is 0.643. The van der Waals surface area contributed by atoms with Gasteiger partial charge in [0.2, 0.25) is 0 Å². The number of ether oxygens (including phenoxy) is 1. The van der Waals surface area contributed by atoms with Crippen molar-refractivity contribution in [2.45, 2.75) is 38.9 Å². The van der Waals surface area contributed by atoms with Crippen molar-refractivity contribution in [3.63, 3.8) is 0 Å². The molecule has 2 aromatic heterocycles. The predicted molar refractivity (Wildman–Crippen MR) is 81.5 cm³/mol. The predicted octanol–water partition coefficient (Wildman–Crippen LogP) is 0.527. The van der Waals surface area contributed by atoms with Crippen LogP contribution in [0, 0.1) is 5.92 Å². The number of imidazole rings is 1. The molecule has 3 rings (SSSR count). The monoisotopic (exact) mass is 306 g/mol. The minimum Gasteiger partial charge on any atom is -0.459 e. The van der Waals surface area contributed by atoms with Gasteiger partial charge in [-0.15, -0.1) is 5.10 Å². The zero-order valence-corrected chi connectivity index (χ0v) is 12.9. The third kappa shape index (κ3) is 2.71. The molecular formula is C14H22N6O2. The number of fused-ring (bicyclic) bond motifs is 1. The summed E-state index contributed by atoms with van der Waals surface area (Å²) in [5.74, 6) is 0.415. The molecule has 4 N–H and O–H groups in total. The molecule has 1 aliphatic rings. The summed E-state index contributed by atoms with van der Waals surface area (Å²) < 4.78 is 7.24. The number of nitrogens with two attached hydrogens (primary N) is 1. The SMILES string of the molecule is CCC[C@H](C)Oc1nc(N)c2ncc(C(O)C3CNC3)n2n1. The van der Waals surface area contributed by atoms with E-state index < -0.39 is 6.10 Å². The summed E-state index contributed by atoms with van der Waals surface area (Å²) in [6.07, 6.45) is 2.90. The zero-order chi connectivity index (χ0) is 15.7. The molecule has 1 unspecified atom stereocenters. The van der Waals surface area contributed by atoms with E-state index in [1.54, 1.807) is 10.7 Å². The van der Waals surface area contributed by atoms with E-state index in [1.165, 1.54) is 0 Å².